The predicted octanol–water partition coefficient (Wildman–Crippen LogP) is 6.09. The molecule has 0 saturated heterocycles. The lowest BCUT2D eigenvalue weighted by Gasteiger charge is -2.24. The number of carbonyl (C=O) groups excluding carboxylic acids is 1. The Bertz CT molecular complexity index is 1260. The predicted molar refractivity (Wildman–Crippen MR) is 133 cm³/mol. The summed E-state index contributed by atoms with van der Waals surface area (Å²) >= 11 is 5.85. The number of hydrogen-bond donors (Lipinski definition) is 1. The molecule has 0 aliphatic carbocycles. The Morgan fingerprint density at radius 1 is 1.00 bits per heavy atom. The van der Waals surface area contributed by atoms with E-state index in [9.17, 15) is 27.9 Å². The lowest BCUT2D eigenvalue weighted by molar-refractivity contribution is -0.138. The molecule has 3 aromatic rings. The molecule has 0 heterocycles. The highest BCUT2D eigenvalue weighted by Crippen LogP contribution is 2.38. The number of ether oxygens (including phenoxy) is 2. The van der Waals surface area contributed by atoms with Crippen LogP contribution in [0.3, 0.4) is 0 Å². The Morgan fingerprint density at radius 2 is 1.70 bits per heavy atom. The molecule has 0 aromatic heterocycles. The van der Waals surface area contributed by atoms with Crippen LogP contribution in [0.15, 0.2) is 60.7 Å². The van der Waals surface area contributed by atoms with Crippen molar-refractivity contribution in [2.75, 3.05) is 20.3 Å². The Kier molecular flexibility index (Phi) is 9.04. The van der Waals surface area contributed by atoms with Gasteiger partial charge in [0.05, 0.1) is 19.1 Å². The number of nitrogens with zero attached hydrogens (tertiary/aromatic N) is 1. The van der Waals surface area contributed by atoms with Crippen LogP contribution in [0, 0.1) is 0 Å². The van der Waals surface area contributed by atoms with Gasteiger partial charge in [0, 0.05) is 23.7 Å². The van der Waals surface area contributed by atoms with Crippen LogP contribution < -0.4 is 9.47 Å². The van der Waals surface area contributed by atoms with Gasteiger partial charge in [-0.2, -0.15) is 13.2 Å². The number of hydrogen-bond acceptors (Lipinski definition) is 4. The fourth-order valence-corrected chi connectivity index (χ4v) is 3.89. The molecule has 0 aliphatic heterocycles. The zero-order chi connectivity index (χ0) is 27.2. The minimum atomic E-state index is -4.60. The second-order valence-electron chi connectivity index (χ2n) is 8.13. The normalized spacial score (nSPS) is 11.2. The Morgan fingerprint density at radius 3 is 2.30 bits per heavy atom. The standard InChI is InChI=1S/C27H25ClF3NO5/c1-3-32(25(33)16-37-21-8-6-20(28)7-9-21)15-18-14-19(27(29,30)31)5-10-22(18)23-12-17(13-26(34)35)4-11-24(23)36-2/h4-12,14H,3,13,15-16H2,1-2H3,(H,34,35). The highest BCUT2D eigenvalue weighted by molar-refractivity contribution is 6.30. The molecule has 37 heavy (non-hydrogen) atoms. The van der Waals surface area contributed by atoms with Gasteiger partial charge < -0.3 is 19.5 Å². The molecule has 0 fully saturated rings. The number of alkyl halides is 3. The number of carboxylic acid groups (broad SMARTS) is 1. The molecule has 196 valence electrons. The van der Waals surface area contributed by atoms with E-state index in [0.29, 0.717) is 33.2 Å². The van der Waals surface area contributed by atoms with E-state index in [4.69, 9.17) is 21.1 Å². The first-order valence-electron chi connectivity index (χ1n) is 11.3. The average molecular weight is 536 g/mol. The van der Waals surface area contributed by atoms with E-state index in [-0.39, 0.29) is 31.7 Å². The monoisotopic (exact) mass is 535 g/mol. The van der Waals surface area contributed by atoms with Crippen molar-refractivity contribution in [2.24, 2.45) is 0 Å². The van der Waals surface area contributed by atoms with Gasteiger partial charge in [-0.25, -0.2) is 0 Å². The maximum Gasteiger partial charge on any atom is 0.416 e. The van der Waals surface area contributed by atoms with E-state index in [1.165, 1.54) is 18.1 Å². The van der Waals surface area contributed by atoms with Crippen molar-refractivity contribution in [1.29, 1.82) is 0 Å². The first-order valence-corrected chi connectivity index (χ1v) is 11.6. The lowest BCUT2D eigenvalue weighted by atomic mass is 9.94. The van der Waals surface area contributed by atoms with E-state index in [1.54, 1.807) is 49.4 Å². The topological polar surface area (TPSA) is 76.1 Å². The zero-order valence-electron chi connectivity index (χ0n) is 20.1. The molecule has 1 N–H and O–H groups in total. The highest BCUT2D eigenvalue weighted by Gasteiger charge is 2.31. The summed E-state index contributed by atoms with van der Waals surface area (Å²) in [4.78, 5) is 25.5. The van der Waals surface area contributed by atoms with Gasteiger partial charge in [0.15, 0.2) is 6.61 Å². The van der Waals surface area contributed by atoms with Crippen LogP contribution in [0.5, 0.6) is 11.5 Å². The van der Waals surface area contributed by atoms with Gasteiger partial charge in [-0.05, 0) is 72.1 Å². The van der Waals surface area contributed by atoms with Crippen LogP contribution in [-0.4, -0.2) is 42.1 Å². The smallest absolute Gasteiger partial charge is 0.416 e. The summed E-state index contributed by atoms with van der Waals surface area (Å²) in [6.45, 7) is 1.47. The number of likely N-dealkylation sites (N-methyl/N-ethyl adjacent to an activating group) is 1. The van der Waals surface area contributed by atoms with Crippen molar-refractivity contribution in [3.63, 3.8) is 0 Å². The summed E-state index contributed by atoms with van der Waals surface area (Å²) in [5, 5.41) is 9.68. The quantitative estimate of drug-likeness (QED) is 0.340. The molecule has 6 nitrogen and oxygen atoms in total. The van der Waals surface area contributed by atoms with Crippen LogP contribution in [-0.2, 0) is 28.7 Å². The van der Waals surface area contributed by atoms with Crippen LogP contribution in [0.25, 0.3) is 11.1 Å². The Labute approximate surface area is 217 Å². The fraction of sp³-hybridized carbons (Fsp3) is 0.259. The molecule has 0 radical (unpaired) electrons. The number of amides is 1. The third kappa shape index (κ3) is 7.39. The number of methoxy groups -OCH3 is 1. The molecule has 10 heteroatoms. The lowest BCUT2D eigenvalue weighted by Crippen LogP contribution is -2.34. The van der Waals surface area contributed by atoms with Gasteiger partial charge in [0.25, 0.3) is 5.91 Å². The van der Waals surface area contributed by atoms with Crippen LogP contribution >= 0.6 is 11.6 Å². The third-order valence-corrected chi connectivity index (χ3v) is 5.87. The van der Waals surface area contributed by atoms with E-state index >= 15 is 0 Å². The van der Waals surface area contributed by atoms with Crippen molar-refractivity contribution in [1.82, 2.24) is 4.90 Å². The van der Waals surface area contributed by atoms with Crippen molar-refractivity contribution in [3.05, 3.63) is 82.4 Å². The van der Waals surface area contributed by atoms with Crippen molar-refractivity contribution in [3.8, 4) is 22.6 Å². The maximum atomic E-state index is 13.6. The van der Waals surface area contributed by atoms with Crippen LogP contribution in [0.1, 0.15) is 23.6 Å². The van der Waals surface area contributed by atoms with Crippen LogP contribution in [0.2, 0.25) is 5.02 Å². The molecule has 0 spiro atoms. The van der Waals surface area contributed by atoms with Gasteiger partial charge in [-0.3, -0.25) is 9.59 Å². The molecule has 0 unspecified atom stereocenters. The second-order valence-corrected chi connectivity index (χ2v) is 8.56. The molecular formula is C27H25ClF3NO5. The number of rotatable bonds is 10. The minimum absolute atomic E-state index is 0.134. The van der Waals surface area contributed by atoms with Crippen molar-refractivity contribution < 1.29 is 37.3 Å². The van der Waals surface area contributed by atoms with Gasteiger partial charge in [-0.15, -0.1) is 0 Å². The number of carbonyl (C=O) groups is 2. The van der Waals surface area contributed by atoms with Gasteiger partial charge in [-0.1, -0.05) is 23.7 Å². The van der Waals surface area contributed by atoms with E-state index in [1.807, 2.05) is 0 Å². The molecule has 0 saturated carbocycles. The minimum Gasteiger partial charge on any atom is -0.496 e. The van der Waals surface area contributed by atoms with Gasteiger partial charge in [0.2, 0.25) is 0 Å². The van der Waals surface area contributed by atoms with E-state index in [0.717, 1.165) is 12.1 Å². The summed E-state index contributed by atoms with van der Waals surface area (Å²) in [6, 6.07) is 14.4. The average Bonchev–Trinajstić information content (AvgIpc) is 2.85. The SMILES string of the molecule is CCN(Cc1cc(C(F)(F)F)ccc1-c1cc(CC(=O)O)ccc1OC)C(=O)COc1ccc(Cl)cc1. The van der Waals surface area contributed by atoms with E-state index in [2.05, 4.69) is 0 Å². The number of benzene rings is 3. The largest absolute Gasteiger partial charge is 0.496 e. The molecular weight excluding hydrogens is 511 g/mol. The molecule has 0 aliphatic rings. The number of aliphatic carboxylic acids is 1. The summed E-state index contributed by atoms with van der Waals surface area (Å²) < 4.78 is 51.6. The van der Waals surface area contributed by atoms with Crippen molar-refractivity contribution >= 4 is 23.5 Å². The van der Waals surface area contributed by atoms with E-state index < -0.39 is 23.6 Å². The summed E-state index contributed by atoms with van der Waals surface area (Å²) in [5.74, 6) is -0.691. The second kappa shape index (κ2) is 12.0. The third-order valence-electron chi connectivity index (χ3n) is 5.61. The molecule has 3 aromatic carbocycles. The number of carboxylic acids is 1. The van der Waals surface area contributed by atoms with Crippen LogP contribution in [0.4, 0.5) is 13.2 Å². The molecule has 0 atom stereocenters. The maximum absolute atomic E-state index is 13.6. The molecule has 0 bridgehead atoms. The highest BCUT2D eigenvalue weighted by atomic mass is 35.5. The number of halogens is 4. The van der Waals surface area contributed by atoms with Gasteiger partial charge in [0.1, 0.15) is 11.5 Å². The summed E-state index contributed by atoms with van der Waals surface area (Å²) in [7, 11) is 1.41. The Balaban J connectivity index is 1.97. The molecule has 1 amide bonds. The van der Waals surface area contributed by atoms with Gasteiger partial charge >= 0.3 is 12.1 Å². The molecule has 3 rings (SSSR count). The first kappa shape index (κ1) is 27.9. The Hall–Kier alpha value is -3.72. The van der Waals surface area contributed by atoms with Crippen molar-refractivity contribution in [2.45, 2.75) is 26.1 Å². The fourth-order valence-electron chi connectivity index (χ4n) is 3.76. The summed E-state index contributed by atoms with van der Waals surface area (Å²) in [6.07, 6.45) is -4.87. The zero-order valence-corrected chi connectivity index (χ0v) is 20.9. The summed E-state index contributed by atoms with van der Waals surface area (Å²) in [5.41, 5.74) is 0.622. The first-order chi connectivity index (χ1) is 17.5.